The number of hydrogen-bond donors (Lipinski definition) is 0. The van der Waals surface area contributed by atoms with Crippen molar-refractivity contribution in [1.29, 1.82) is 0 Å². The molecule has 0 aromatic carbocycles. The molecule has 0 radical (unpaired) electrons. The van der Waals surface area contributed by atoms with Gasteiger partial charge in [0, 0.05) is 13.1 Å². The Bertz CT molecular complexity index is 834. The van der Waals surface area contributed by atoms with Crippen molar-refractivity contribution in [2.24, 2.45) is 0 Å². The molecule has 4 heterocycles. The molecule has 1 aliphatic rings. The van der Waals surface area contributed by atoms with Gasteiger partial charge < -0.3 is 18.3 Å². The summed E-state index contributed by atoms with van der Waals surface area (Å²) >= 11 is 0. The number of furan rings is 2. The van der Waals surface area contributed by atoms with Crippen LogP contribution in [-0.4, -0.2) is 34.0 Å². The topological polar surface area (TPSA) is 85.5 Å². The van der Waals surface area contributed by atoms with Crippen LogP contribution in [0.5, 0.6) is 0 Å². The Balaban J connectivity index is 1.50. The van der Waals surface area contributed by atoms with Gasteiger partial charge in [0.05, 0.1) is 12.2 Å². The number of carbonyl (C=O) groups excluding carboxylic acids is 1. The summed E-state index contributed by atoms with van der Waals surface area (Å²) in [5.41, 5.74) is 0. The maximum atomic E-state index is 12.4. The Kier molecular flexibility index (Phi) is 3.68. The Morgan fingerprint density at radius 1 is 1.33 bits per heavy atom. The summed E-state index contributed by atoms with van der Waals surface area (Å²) in [4.78, 5) is 18.6. The first-order valence-electron chi connectivity index (χ1n) is 7.94. The highest BCUT2D eigenvalue weighted by Crippen LogP contribution is 2.28. The summed E-state index contributed by atoms with van der Waals surface area (Å²) in [5.74, 6) is 2.63. The zero-order valence-electron chi connectivity index (χ0n) is 13.3. The standard InChI is InChI=1S/C17H17N3O4/c1-11-6-7-13(23-11)15-18-16(24-19-15)12-4-2-8-20(10-12)17(21)14-5-3-9-22-14/h3,5-7,9,12H,2,4,8,10H2,1H3/t12-/m0/s1. The number of aryl methyl sites for hydroxylation is 1. The lowest BCUT2D eigenvalue weighted by atomic mass is 9.98. The molecule has 24 heavy (non-hydrogen) atoms. The van der Waals surface area contributed by atoms with Gasteiger partial charge in [-0.15, -0.1) is 0 Å². The third-order valence-corrected chi connectivity index (χ3v) is 4.19. The van der Waals surface area contributed by atoms with Gasteiger partial charge in [0.1, 0.15) is 5.76 Å². The minimum atomic E-state index is -0.105. The van der Waals surface area contributed by atoms with E-state index in [9.17, 15) is 4.79 Å². The number of aromatic nitrogens is 2. The molecule has 1 aliphatic heterocycles. The van der Waals surface area contributed by atoms with Crippen LogP contribution in [0.4, 0.5) is 0 Å². The zero-order chi connectivity index (χ0) is 16.5. The molecule has 0 aliphatic carbocycles. The van der Waals surface area contributed by atoms with Crippen LogP contribution in [0, 0.1) is 6.92 Å². The Hall–Kier alpha value is -2.83. The van der Waals surface area contributed by atoms with E-state index in [0.29, 0.717) is 36.3 Å². The van der Waals surface area contributed by atoms with Crippen LogP contribution in [0.1, 0.15) is 41.0 Å². The second-order valence-corrected chi connectivity index (χ2v) is 5.93. The molecule has 0 N–H and O–H groups in total. The van der Waals surface area contributed by atoms with E-state index >= 15 is 0 Å². The average Bonchev–Trinajstić information content (AvgIpc) is 3.35. The lowest BCUT2D eigenvalue weighted by Gasteiger charge is -2.30. The van der Waals surface area contributed by atoms with Gasteiger partial charge in [-0.1, -0.05) is 5.16 Å². The summed E-state index contributed by atoms with van der Waals surface area (Å²) in [5, 5.41) is 3.99. The molecule has 0 saturated carbocycles. The van der Waals surface area contributed by atoms with Gasteiger partial charge in [0.15, 0.2) is 11.5 Å². The smallest absolute Gasteiger partial charge is 0.289 e. The molecule has 0 spiro atoms. The third-order valence-electron chi connectivity index (χ3n) is 4.19. The summed E-state index contributed by atoms with van der Waals surface area (Å²) in [6, 6.07) is 7.06. The van der Waals surface area contributed by atoms with E-state index in [1.165, 1.54) is 6.26 Å². The molecule has 124 valence electrons. The number of rotatable bonds is 3. The van der Waals surface area contributed by atoms with E-state index in [-0.39, 0.29) is 11.8 Å². The lowest BCUT2D eigenvalue weighted by molar-refractivity contribution is 0.0663. The van der Waals surface area contributed by atoms with Crippen molar-refractivity contribution in [3.63, 3.8) is 0 Å². The molecule has 4 rings (SSSR count). The largest absolute Gasteiger partial charge is 0.459 e. The van der Waals surface area contributed by atoms with Gasteiger partial charge in [0.25, 0.3) is 5.91 Å². The van der Waals surface area contributed by atoms with Crippen molar-refractivity contribution in [2.45, 2.75) is 25.7 Å². The van der Waals surface area contributed by atoms with Crippen molar-refractivity contribution in [3.8, 4) is 11.6 Å². The van der Waals surface area contributed by atoms with Crippen molar-refractivity contribution in [3.05, 3.63) is 47.9 Å². The number of hydrogen-bond acceptors (Lipinski definition) is 6. The molecule has 1 atom stereocenters. The van der Waals surface area contributed by atoms with E-state index < -0.39 is 0 Å². The molecule has 0 bridgehead atoms. The maximum absolute atomic E-state index is 12.4. The second-order valence-electron chi connectivity index (χ2n) is 5.93. The van der Waals surface area contributed by atoms with Gasteiger partial charge in [0.2, 0.25) is 11.7 Å². The maximum Gasteiger partial charge on any atom is 0.289 e. The monoisotopic (exact) mass is 327 g/mol. The second kappa shape index (κ2) is 5.99. The number of likely N-dealkylation sites (tertiary alicyclic amines) is 1. The first-order chi connectivity index (χ1) is 11.7. The number of carbonyl (C=O) groups is 1. The molecule has 3 aromatic heterocycles. The first-order valence-corrected chi connectivity index (χ1v) is 7.94. The van der Waals surface area contributed by atoms with Crippen LogP contribution in [0.15, 0.2) is 43.9 Å². The molecule has 1 amide bonds. The molecule has 1 saturated heterocycles. The fourth-order valence-corrected chi connectivity index (χ4v) is 2.98. The fraction of sp³-hybridized carbons (Fsp3) is 0.353. The van der Waals surface area contributed by atoms with E-state index in [1.54, 1.807) is 17.0 Å². The Morgan fingerprint density at radius 3 is 3.00 bits per heavy atom. The predicted octanol–water partition coefficient (Wildman–Crippen LogP) is 3.25. The van der Waals surface area contributed by atoms with E-state index in [2.05, 4.69) is 10.1 Å². The van der Waals surface area contributed by atoms with Crippen molar-refractivity contribution in [1.82, 2.24) is 15.0 Å². The number of nitrogens with zero attached hydrogens (tertiary/aromatic N) is 3. The first kappa shape index (κ1) is 14.7. The van der Waals surface area contributed by atoms with Gasteiger partial charge in [-0.25, -0.2) is 0 Å². The quantitative estimate of drug-likeness (QED) is 0.734. The van der Waals surface area contributed by atoms with Gasteiger partial charge in [-0.2, -0.15) is 4.98 Å². The average molecular weight is 327 g/mol. The van der Waals surface area contributed by atoms with Crippen LogP contribution in [-0.2, 0) is 0 Å². The minimum absolute atomic E-state index is 0.0231. The highest BCUT2D eigenvalue weighted by molar-refractivity contribution is 5.91. The van der Waals surface area contributed by atoms with Gasteiger partial charge in [-0.3, -0.25) is 4.79 Å². The van der Waals surface area contributed by atoms with Crippen LogP contribution in [0.3, 0.4) is 0 Å². The normalized spacial score (nSPS) is 18.0. The third kappa shape index (κ3) is 2.73. The summed E-state index contributed by atoms with van der Waals surface area (Å²) in [6.45, 7) is 3.11. The van der Waals surface area contributed by atoms with Crippen molar-refractivity contribution < 1.29 is 18.2 Å². The van der Waals surface area contributed by atoms with Crippen LogP contribution in [0.25, 0.3) is 11.6 Å². The summed E-state index contributed by atoms with van der Waals surface area (Å²) in [7, 11) is 0. The van der Waals surface area contributed by atoms with Crippen LogP contribution >= 0.6 is 0 Å². The number of piperidine rings is 1. The van der Waals surface area contributed by atoms with Gasteiger partial charge >= 0.3 is 0 Å². The zero-order valence-corrected chi connectivity index (χ0v) is 13.3. The van der Waals surface area contributed by atoms with Crippen molar-refractivity contribution in [2.75, 3.05) is 13.1 Å². The van der Waals surface area contributed by atoms with Crippen molar-refractivity contribution >= 4 is 5.91 Å². The summed E-state index contributed by atoms with van der Waals surface area (Å²) < 4.78 is 16.1. The molecule has 1 fully saturated rings. The highest BCUT2D eigenvalue weighted by Gasteiger charge is 2.30. The predicted molar refractivity (Wildman–Crippen MR) is 83.3 cm³/mol. The number of amides is 1. The molecular weight excluding hydrogens is 310 g/mol. The minimum Gasteiger partial charge on any atom is -0.459 e. The molecule has 7 nitrogen and oxygen atoms in total. The Morgan fingerprint density at radius 2 is 2.25 bits per heavy atom. The summed E-state index contributed by atoms with van der Waals surface area (Å²) in [6.07, 6.45) is 3.29. The van der Waals surface area contributed by atoms with Gasteiger partial charge in [-0.05, 0) is 44.0 Å². The molecule has 0 unspecified atom stereocenters. The SMILES string of the molecule is Cc1ccc(-c2noc([C@H]3CCCN(C(=O)c4ccco4)C3)n2)o1. The molecule has 7 heteroatoms. The molecular formula is C17H17N3O4. The highest BCUT2D eigenvalue weighted by atomic mass is 16.5. The van der Waals surface area contributed by atoms with Crippen LogP contribution < -0.4 is 0 Å². The van der Waals surface area contributed by atoms with E-state index in [4.69, 9.17) is 13.4 Å². The van der Waals surface area contributed by atoms with E-state index in [0.717, 1.165) is 18.6 Å². The Labute approximate surface area is 138 Å². The van der Waals surface area contributed by atoms with Crippen LogP contribution in [0.2, 0.25) is 0 Å². The molecule has 3 aromatic rings. The fourth-order valence-electron chi connectivity index (χ4n) is 2.98. The van der Waals surface area contributed by atoms with E-state index in [1.807, 2.05) is 19.1 Å². The lowest BCUT2D eigenvalue weighted by Crippen LogP contribution is -2.39.